The number of aliphatic hydroxyl groups excluding tert-OH is 1. The number of unbranched alkanes of at least 4 members (excludes halogenated alkanes) is 1. The molecule has 2 heterocycles. The monoisotopic (exact) mass is 498 g/mol. The number of amides is 1. The van der Waals surface area contributed by atoms with Crippen molar-refractivity contribution >= 4 is 17.8 Å². The van der Waals surface area contributed by atoms with Crippen LogP contribution in [0.5, 0.6) is 11.5 Å². The standard InChI is InChI=1S/C30H30N2O5/c1-3-4-17-37-25-15-13-23(18-26(25)36-2)28-27(24(33)14-12-21-9-6-5-7-10-21)29(34)30(35)32(28)20-22-11-8-16-31-19-22/h5-16,18-19,28,34H,3-4,17,20H2,1-2H3/b14-12+. The molecule has 1 aliphatic rings. The molecule has 0 fully saturated rings. The van der Waals surface area contributed by atoms with Crippen molar-refractivity contribution in [1.29, 1.82) is 0 Å². The molecule has 1 aliphatic heterocycles. The number of ketones is 1. The average molecular weight is 499 g/mol. The molecule has 0 saturated carbocycles. The Morgan fingerprint density at radius 2 is 1.92 bits per heavy atom. The van der Waals surface area contributed by atoms with Gasteiger partial charge in [0.1, 0.15) is 0 Å². The van der Waals surface area contributed by atoms with Crippen molar-refractivity contribution in [2.24, 2.45) is 0 Å². The van der Waals surface area contributed by atoms with Gasteiger partial charge in [0.2, 0.25) is 0 Å². The van der Waals surface area contributed by atoms with Gasteiger partial charge in [0.25, 0.3) is 5.91 Å². The number of nitrogens with zero attached hydrogens (tertiary/aromatic N) is 2. The molecule has 0 spiro atoms. The van der Waals surface area contributed by atoms with Gasteiger partial charge in [-0.05, 0) is 47.4 Å². The summed E-state index contributed by atoms with van der Waals surface area (Å²) in [6.45, 7) is 2.80. The molecular weight excluding hydrogens is 468 g/mol. The molecule has 1 unspecified atom stereocenters. The number of ether oxygens (including phenoxy) is 2. The molecular formula is C30H30N2O5. The number of pyridine rings is 1. The highest BCUT2D eigenvalue weighted by molar-refractivity contribution is 6.14. The van der Waals surface area contributed by atoms with E-state index in [2.05, 4.69) is 11.9 Å². The van der Waals surface area contributed by atoms with Gasteiger partial charge >= 0.3 is 0 Å². The molecule has 7 heteroatoms. The molecule has 1 amide bonds. The number of hydrogen-bond acceptors (Lipinski definition) is 6. The Labute approximate surface area is 216 Å². The van der Waals surface area contributed by atoms with Gasteiger partial charge in [-0.3, -0.25) is 14.6 Å². The summed E-state index contributed by atoms with van der Waals surface area (Å²) in [4.78, 5) is 32.3. The second-order valence-electron chi connectivity index (χ2n) is 8.68. The van der Waals surface area contributed by atoms with Crippen molar-refractivity contribution in [1.82, 2.24) is 9.88 Å². The maximum absolute atomic E-state index is 13.4. The van der Waals surface area contributed by atoms with Crippen LogP contribution in [0, 0.1) is 0 Å². The largest absolute Gasteiger partial charge is 0.503 e. The fourth-order valence-electron chi connectivity index (χ4n) is 4.23. The van der Waals surface area contributed by atoms with Crippen LogP contribution in [0.2, 0.25) is 0 Å². The molecule has 190 valence electrons. The first-order chi connectivity index (χ1) is 18.0. The first-order valence-corrected chi connectivity index (χ1v) is 12.2. The van der Waals surface area contributed by atoms with Crippen LogP contribution >= 0.6 is 0 Å². The normalized spacial score (nSPS) is 15.5. The van der Waals surface area contributed by atoms with Crippen LogP contribution in [0.4, 0.5) is 0 Å². The topological polar surface area (TPSA) is 89.0 Å². The summed E-state index contributed by atoms with van der Waals surface area (Å²) in [5.41, 5.74) is 2.24. The fourth-order valence-corrected chi connectivity index (χ4v) is 4.23. The molecule has 0 saturated heterocycles. The number of aromatic nitrogens is 1. The molecule has 0 radical (unpaired) electrons. The number of aliphatic hydroxyl groups is 1. The summed E-state index contributed by atoms with van der Waals surface area (Å²) in [6, 6.07) is 17.5. The third kappa shape index (κ3) is 5.89. The molecule has 1 atom stereocenters. The molecule has 2 aromatic carbocycles. The lowest BCUT2D eigenvalue weighted by Crippen LogP contribution is -2.30. The summed E-state index contributed by atoms with van der Waals surface area (Å²) in [7, 11) is 1.54. The predicted octanol–water partition coefficient (Wildman–Crippen LogP) is 5.45. The van der Waals surface area contributed by atoms with Gasteiger partial charge in [0.15, 0.2) is 23.0 Å². The van der Waals surface area contributed by atoms with Crippen LogP contribution in [-0.2, 0) is 16.1 Å². The van der Waals surface area contributed by atoms with Crippen LogP contribution in [0.1, 0.15) is 42.5 Å². The highest BCUT2D eigenvalue weighted by Crippen LogP contribution is 2.41. The maximum Gasteiger partial charge on any atom is 0.290 e. The van der Waals surface area contributed by atoms with E-state index in [9.17, 15) is 14.7 Å². The lowest BCUT2D eigenvalue weighted by atomic mass is 9.95. The van der Waals surface area contributed by atoms with Crippen LogP contribution in [0.3, 0.4) is 0 Å². The van der Waals surface area contributed by atoms with Gasteiger partial charge < -0.3 is 19.5 Å². The Morgan fingerprint density at radius 1 is 1.11 bits per heavy atom. The Morgan fingerprint density at radius 3 is 2.62 bits per heavy atom. The SMILES string of the molecule is CCCCOc1ccc(C2C(C(=O)/C=C/c3ccccc3)=C(O)C(=O)N2Cc2cccnc2)cc1OC. The number of benzene rings is 2. The lowest BCUT2D eigenvalue weighted by Gasteiger charge is -2.27. The van der Waals surface area contributed by atoms with Crippen LogP contribution in [0.15, 0.2) is 90.5 Å². The van der Waals surface area contributed by atoms with E-state index in [1.54, 1.807) is 49.8 Å². The molecule has 3 aromatic rings. The number of allylic oxidation sites excluding steroid dienone is 1. The molecule has 0 bridgehead atoms. The van der Waals surface area contributed by atoms with Crippen molar-refractivity contribution in [3.63, 3.8) is 0 Å². The number of carbonyl (C=O) groups is 2. The van der Waals surface area contributed by atoms with Crippen LogP contribution < -0.4 is 9.47 Å². The quantitative estimate of drug-likeness (QED) is 0.279. The van der Waals surface area contributed by atoms with E-state index in [1.165, 1.54) is 11.0 Å². The predicted molar refractivity (Wildman–Crippen MR) is 141 cm³/mol. The van der Waals surface area contributed by atoms with E-state index in [-0.39, 0.29) is 12.1 Å². The van der Waals surface area contributed by atoms with Gasteiger partial charge in [-0.15, -0.1) is 0 Å². The van der Waals surface area contributed by atoms with Gasteiger partial charge in [-0.2, -0.15) is 0 Å². The van der Waals surface area contributed by atoms with Crippen LogP contribution in [-0.4, -0.2) is 40.4 Å². The Kier molecular flexibility index (Phi) is 8.36. The number of hydrogen-bond donors (Lipinski definition) is 1. The van der Waals surface area contributed by atoms with Gasteiger partial charge in [-0.1, -0.05) is 61.9 Å². The van der Waals surface area contributed by atoms with E-state index in [1.807, 2.05) is 36.4 Å². The Hall–Kier alpha value is -4.39. The minimum Gasteiger partial charge on any atom is -0.503 e. The number of methoxy groups -OCH3 is 1. The van der Waals surface area contributed by atoms with Gasteiger partial charge in [0.05, 0.1) is 25.3 Å². The summed E-state index contributed by atoms with van der Waals surface area (Å²) < 4.78 is 11.4. The molecule has 7 nitrogen and oxygen atoms in total. The zero-order valence-corrected chi connectivity index (χ0v) is 21.0. The molecule has 1 aromatic heterocycles. The zero-order chi connectivity index (χ0) is 26.2. The minimum atomic E-state index is -0.820. The molecule has 0 aliphatic carbocycles. The number of rotatable bonds is 11. The lowest BCUT2D eigenvalue weighted by molar-refractivity contribution is -0.130. The first-order valence-electron chi connectivity index (χ1n) is 12.2. The Balaban J connectivity index is 1.73. The van der Waals surface area contributed by atoms with Crippen molar-refractivity contribution in [2.45, 2.75) is 32.4 Å². The van der Waals surface area contributed by atoms with Gasteiger partial charge in [-0.25, -0.2) is 0 Å². The molecule has 1 N–H and O–H groups in total. The van der Waals surface area contributed by atoms with Gasteiger partial charge in [0, 0.05) is 18.9 Å². The summed E-state index contributed by atoms with van der Waals surface area (Å²) in [6.07, 6.45) is 8.26. The third-order valence-electron chi connectivity index (χ3n) is 6.13. The smallest absolute Gasteiger partial charge is 0.290 e. The Bertz CT molecular complexity index is 1300. The number of carbonyl (C=O) groups excluding carboxylic acids is 2. The van der Waals surface area contributed by atoms with E-state index in [4.69, 9.17) is 9.47 Å². The molecule has 4 rings (SSSR count). The average Bonchev–Trinajstić information content (AvgIpc) is 3.18. The van der Waals surface area contributed by atoms with Crippen molar-refractivity contribution in [2.75, 3.05) is 13.7 Å². The van der Waals surface area contributed by atoms with E-state index in [0.717, 1.165) is 24.0 Å². The highest BCUT2D eigenvalue weighted by atomic mass is 16.5. The second-order valence-corrected chi connectivity index (χ2v) is 8.68. The van der Waals surface area contributed by atoms with E-state index >= 15 is 0 Å². The van der Waals surface area contributed by atoms with Crippen LogP contribution in [0.25, 0.3) is 6.08 Å². The first kappa shape index (κ1) is 25.7. The minimum absolute atomic E-state index is 0.0165. The third-order valence-corrected chi connectivity index (χ3v) is 6.13. The summed E-state index contributed by atoms with van der Waals surface area (Å²) >= 11 is 0. The van der Waals surface area contributed by atoms with E-state index < -0.39 is 23.5 Å². The molecule has 37 heavy (non-hydrogen) atoms. The van der Waals surface area contributed by atoms with E-state index in [0.29, 0.717) is 23.7 Å². The maximum atomic E-state index is 13.4. The van der Waals surface area contributed by atoms with Crippen molar-refractivity contribution in [3.8, 4) is 11.5 Å². The summed E-state index contributed by atoms with van der Waals surface area (Å²) in [5, 5.41) is 10.9. The highest BCUT2D eigenvalue weighted by Gasteiger charge is 2.43. The van der Waals surface area contributed by atoms with Crippen molar-refractivity contribution in [3.05, 3.63) is 107 Å². The summed E-state index contributed by atoms with van der Waals surface area (Å²) in [5.74, 6) is -0.560. The zero-order valence-electron chi connectivity index (χ0n) is 21.0. The fraction of sp³-hybridized carbons (Fsp3) is 0.233. The second kappa shape index (κ2) is 12.0. The van der Waals surface area contributed by atoms with Crippen molar-refractivity contribution < 1.29 is 24.2 Å².